The summed E-state index contributed by atoms with van der Waals surface area (Å²) in [7, 11) is 0. The highest BCUT2D eigenvalue weighted by Crippen LogP contribution is 2.57. The predicted octanol–water partition coefficient (Wildman–Crippen LogP) is 5.51. The van der Waals surface area contributed by atoms with E-state index in [-0.39, 0.29) is 20.8 Å². The second-order valence-corrected chi connectivity index (χ2v) is 5.63. The molecule has 0 aromatic rings. The van der Waals surface area contributed by atoms with E-state index in [1.165, 1.54) is 0 Å². The molecule has 0 aliphatic carbocycles. The van der Waals surface area contributed by atoms with Gasteiger partial charge in [-0.25, -0.2) is 17.6 Å². The molecule has 0 saturated heterocycles. The summed E-state index contributed by atoms with van der Waals surface area (Å²) < 4.78 is 121. The second-order valence-electron chi connectivity index (χ2n) is 5.63. The van der Waals surface area contributed by atoms with Crippen LogP contribution in [0.2, 0.25) is 0 Å². The van der Waals surface area contributed by atoms with Crippen LogP contribution in [0.5, 0.6) is 0 Å². The van der Waals surface area contributed by atoms with Crippen LogP contribution in [0.4, 0.5) is 39.5 Å². The zero-order valence-corrected chi connectivity index (χ0v) is 12.1. The van der Waals surface area contributed by atoms with Crippen molar-refractivity contribution in [1.82, 2.24) is 0 Å². The van der Waals surface area contributed by atoms with Crippen LogP contribution in [0.1, 0.15) is 41.0 Å². The van der Waals surface area contributed by atoms with Crippen molar-refractivity contribution < 1.29 is 39.5 Å². The molecule has 21 heavy (non-hydrogen) atoms. The van der Waals surface area contributed by atoms with Crippen LogP contribution in [-0.4, -0.2) is 34.8 Å². The summed E-state index contributed by atoms with van der Waals surface area (Å²) in [4.78, 5) is 0. The quantitative estimate of drug-likeness (QED) is 0.583. The van der Waals surface area contributed by atoms with Crippen LogP contribution < -0.4 is 0 Å². The van der Waals surface area contributed by atoms with Crippen molar-refractivity contribution in [1.29, 1.82) is 0 Å². The summed E-state index contributed by atoms with van der Waals surface area (Å²) in [6, 6.07) is 0. The Morgan fingerprint density at radius 1 is 0.571 bits per heavy atom. The topological polar surface area (TPSA) is 0 Å². The first kappa shape index (κ1) is 20.4. The Morgan fingerprint density at radius 2 is 0.905 bits per heavy atom. The van der Waals surface area contributed by atoms with Gasteiger partial charge in [-0.3, -0.25) is 0 Å². The number of alkyl halides is 9. The molecule has 4 unspecified atom stereocenters. The van der Waals surface area contributed by atoms with E-state index in [1.54, 1.807) is 0 Å². The summed E-state index contributed by atoms with van der Waals surface area (Å²) in [5, 5.41) is 0. The maximum Gasteiger partial charge on any atom is 0.425 e. The largest absolute Gasteiger partial charge is 0.425 e. The fourth-order valence-corrected chi connectivity index (χ4v) is 1.71. The molecule has 0 amide bonds. The number of halogens is 9. The van der Waals surface area contributed by atoms with Crippen LogP contribution in [0.3, 0.4) is 0 Å². The summed E-state index contributed by atoms with van der Waals surface area (Å²) in [6.07, 6.45) is -6.97. The van der Waals surface area contributed by atoms with Gasteiger partial charge in [0.05, 0.1) is 0 Å². The molecule has 0 aliphatic rings. The van der Waals surface area contributed by atoms with Gasteiger partial charge in [0.2, 0.25) is 11.3 Å². The molecular formula is C12H17F9. The molecule has 0 heterocycles. The molecule has 0 nitrogen and oxygen atoms in total. The first-order valence-corrected chi connectivity index (χ1v) is 6.01. The summed E-state index contributed by atoms with van der Waals surface area (Å²) in [6.45, 7) is 0.120. The highest BCUT2D eigenvalue weighted by molar-refractivity contribution is 5.18. The minimum absolute atomic E-state index is 0.212. The van der Waals surface area contributed by atoms with E-state index in [2.05, 4.69) is 0 Å². The molecule has 0 aromatic carbocycles. The van der Waals surface area contributed by atoms with E-state index in [0.717, 1.165) is 6.92 Å². The molecule has 0 aliphatic heterocycles. The second kappa shape index (κ2) is 4.94. The molecule has 9 heteroatoms. The zero-order chi connectivity index (χ0) is 17.7. The molecule has 4 atom stereocenters. The van der Waals surface area contributed by atoms with E-state index in [1.807, 2.05) is 0 Å². The van der Waals surface area contributed by atoms with Crippen LogP contribution >= 0.6 is 0 Å². The fourth-order valence-electron chi connectivity index (χ4n) is 1.71. The van der Waals surface area contributed by atoms with Crippen LogP contribution in [0, 0.1) is 0 Å². The van der Waals surface area contributed by atoms with Crippen LogP contribution in [-0.2, 0) is 0 Å². The monoisotopic (exact) mass is 332 g/mol. The Hall–Kier alpha value is -0.630. The lowest BCUT2D eigenvalue weighted by Gasteiger charge is -2.48. The highest BCUT2D eigenvalue weighted by Gasteiger charge is 2.79. The Labute approximate surface area is 116 Å². The minimum Gasteiger partial charge on any atom is -0.237 e. The lowest BCUT2D eigenvalue weighted by Crippen LogP contribution is -2.71. The fraction of sp³-hybridized carbons (Fsp3) is 1.00. The van der Waals surface area contributed by atoms with Crippen molar-refractivity contribution in [3.63, 3.8) is 0 Å². The van der Waals surface area contributed by atoms with E-state index in [0.29, 0.717) is 0 Å². The average Bonchev–Trinajstić information content (AvgIpc) is 2.26. The molecule has 0 aromatic heterocycles. The molecule has 0 rings (SSSR count). The minimum atomic E-state index is -5.96. The van der Waals surface area contributed by atoms with E-state index in [9.17, 15) is 39.5 Å². The molecule has 0 bridgehead atoms. The van der Waals surface area contributed by atoms with Gasteiger partial charge in [-0.05, 0) is 34.1 Å². The summed E-state index contributed by atoms with van der Waals surface area (Å²) in [5.41, 5.74) is -18.1. The third-order valence-electron chi connectivity index (χ3n) is 4.20. The highest BCUT2D eigenvalue weighted by atomic mass is 19.4. The number of hydrogen-bond donors (Lipinski definition) is 0. The Balaban J connectivity index is 6.14. The molecule has 0 saturated carbocycles. The SMILES string of the molecule is CCC(C)(F)C(F)(F)C(C)(F)C(C)(F)C(C)(F)C(F)(F)F. The van der Waals surface area contributed by atoms with Gasteiger partial charge < -0.3 is 0 Å². The Bertz CT molecular complexity index is 377. The molecular weight excluding hydrogens is 315 g/mol. The maximum atomic E-state index is 14.2. The molecule has 0 spiro atoms. The van der Waals surface area contributed by atoms with Crippen LogP contribution in [0.25, 0.3) is 0 Å². The zero-order valence-electron chi connectivity index (χ0n) is 12.1. The van der Waals surface area contributed by atoms with Gasteiger partial charge >= 0.3 is 12.1 Å². The molecule has 0 N–H and O–H groups in total. The summed E-state index contributed by atoms with van der Waals surface area (Å²) in [5.74, 6) is -5.20. The first-order valence-electron chi connectivity index (χ1n) is 6.01. The standard InChI is InChI=1S/C12H17F9/c1-6-7(2,13)11(17,18)9(4,15)8(3,14)10(5,16)12(19,20)21/h6H2,1-5H3. The van der Waals surface area contributed by atoms with Crippen molar-refractivity contribution >= 4 is 0 Å². The van der Waals surface area contributed by atoms with Gasteiger partial charge in [-0.2, -0.15) is 22.0 Å². The van der Waals surface area contributed by atoms with E-state index >= 15 is 0 Å². The first-order chi connectivity index (χ1) is 8.81. The van der Waals surface area contributed by atoms with Gasteiger partial charge in [0, 0.05) is 0 Å². The van der Waals surface area contributed by atoms with E-state index < -0.39 is 48.1 Å². The molecule has 128 valence electrons. The third kappa shape index (κ3) is 2.60. The van der Waals surface area contributed by atoms with Gasteiger partial charge in [-0.1, -0.05) is 6.92 Å². The smallest absolute Gasteiger partial charge is 0.237 e. The lowest BCUT2D eigenvalue weighted by atomic mass is 9.70. The van der Waals surface area contributed by atoms with Crippen molar-refractivity contribution in [3.05, 3.63) is 0 Å². The predicted molar refractivity (Wildman–Crippen MR) is 59.3 cm³/mol. The van der Waals surface area contributed by atoms with Gasteiger partial charge in [-0.15, -0.1) is 0 Å². The maximum absolute atomic E-state index is 14.2. The van der Waals surface area contributed by atoms with Crippen molar-refractivity contribution in [2.45, 2.75) is 75.8 Å². The van der Waals surface area contributed by atoms with Crippen LogP contribution in [0.15, 0.2) is 0 Å². The number of hydrogen-bond acceptors (Lipinski definition) is 0. The van der Waals surface area contributed by atoms with Gasteiger partial charge in [0.1, 0.15) is 0 Å². The van der Waals surface area contributed by atoms with Gasteiger partial charge in [0.15, 0.2) is 11.3 Å². The van der Waals surface area contributed by atoms with Crippen molar-refractivity contribution in [3.8, 4) is 0 Å². The number of rotatable bonds is 5. The molecule has 0 radical (unpaired) electrons. The third-order valence-corrected chi connectivity index (χ3v) is 4.20. The van der Waals surface area contributed by atoms with E-state index in [4.69, 9.17) is 0 Å². The normalized spacial score (nSPS) is 25.4. The van der Waals surface area contributed by atoms with Crippen molar-refractivity contribution in [2.75, 3.05) is 0 Å². The van der Waals surface area contributed by atoms with Gasteiger partial charge in [0.25, 0.3) is 0 Å². The summed E-state index contributed by atoms with van der Waals surface area (Å²) >= 11 is 0. The van der Waals surface area contributed by atoms with Crippen molar-refractivity contribution in [2.24, 2.45) is 0 Å². The Morgan fingerprint density at radius 3 is 1.14 bits per heavy atom. The lowest BCUT2D eigenvalue weighted by molar-refractivity contribution is -0.323. The Kier molecular flexibility index (Phi) is 4.79. The average molecular weight is 332 g/mol. The molecule has 0 fully saturated rings.